The van der Waals surface area contributed by atoms with Crippen LogP contribution in [0.15, 0.2) is 146 Å². The Morgan fingerprint density at radius 1 is 0.533 bits per heavy atom. The van der Waals surface area contributed by atoms with Crippen molar-refractivity contribution in [3.63, 3.8) is 0 Å². The number of benzene rings is 6. The van der Waals surface area contributed by atoms with E-state index in [9.17, 15) is 14.4 Å². The Kier molecular flexibility index (Phi) is 14.7. The molecular weight excluding hydrogens is 993 g/mol. The quantitative estimate of drug-likeness (QED) is 0.0986. The van der Waals surface area contributed by atoms with Crippen LogP contribution in [0.1, 0.15) is 56.0 Å². The van der Waals surface area contributed by atoms with Crippen LogP contribution in [0.25, 0.3) is 64.7 Å². The predicted octanol–water partition coefficient (Wildman–Crippen LogP) is 11.1. The maximum Gasteiger partial charge on any atom is 0.277 e. The fourth-order valence-corrected chi connectivity index (χ4v) is 12.6. The summed E-state index contributed by atoms with van der Waals surface area (Å²) >= 11 is 4.35. The number of hydrogen-bond acceptors (Lipinski definition) is 12. The fraction of sp³-hybridized carbons (Fsp3) is 0.200. The first-order valence-corrected chi connectivity index (χ1v) is 27.5. The summed E-state index contributed by atoms with van der Waals surface area (Å²) in [6.45, 7) is 4.34. The first kappa shape index (κ1) is 49.7. The maximum absolute atomic E-state index is 12.4. The average molecular weight is 1050 g/mol. The zero-order valence-corrected chi connectivity index (χ0v) is 43.8. The van der Waals surface area contributed by atoms with Crippen molar-refractivity contribution in [1.29, 1.82) is 0 Å². The Bertz CT molecular complexity index is 3590. The molecule has 0 saturated carbocycles. The van der Waals surface area contributed by atoms with E-state index in [1.54, 1.807) is 12.4 Å². The van der Waals surface area contributed by atoms with Gasteiger partial charge in [0.15, 0.2) is 15.3 Å². The van der Waals surface area contributed by atoms with Crippen molar-refractivity contribution in [1.82, 2.24) is 24.8 Å². The minimum absolute atomic E-state index is 0.0138. The number of thiazole rings is 3. The Morgan fingerprint density at radius 2 is 0.947 bits per heavy atom. The number of aliphatic hydroxyl groups excluding tert-OH is 1. The number of aliphatic hydroxyl groups is 1. The standard InChI is InChI=1S/C23H24N4OS.C20H18N2O2S.C17H12N2OS/c1-26-8-10-27(11-9-26)15-22(28)25-23-24-14-21(29-23)17-6-7-20-18(13-17)12-16-4-2-3-5-19(16)20;23-9-3-6-19(24)22-20-21-12-18(25-20)14-7-8-17-15(11-14)10-13-4-1-2-5-16(13)17;18-16(20)17-19-9-15(21-17)11-5-6-14-12(8-11)7-10-3-1-2-4-13(10)14/h2-7,13-14H,8-12,15H2,1H3,(H,24,25,28);1-2,4-5,7-8,11-12,23H,3,6,9-10H2,(H,21,22,24);1-6,8-9H,7H2,(H2,18,20). The third kappa shape index (κ3) is 11.2. The molecule has 6 aromatic carbocycles. The molecule has 12 nitrogen and oxygen atoms in total. The van der Waals surface area contributed by atoms with Gasteiger partial charge in [-0.3, -0.25) is 19.3 Å². The van der Waals surface area contributed by atoms with E-state index in [-0.39, 0.29) is 18.4 Å². The van der Waals surface area contributed by atoms with Gasteiger partial charge in [-0.15, -0.1) is 11.3 Å². The highest BCUT2D eigenvalue weighted by Crippen LogP contribution is 2.42. The van der Waals surface area contributed by atoms with Crippen molar-refractivity contribution in [3.8, 4) is 64.7 Å². The highest BCUT2D eigenvalue weighted by molar-refractivity contribution is 7.19. The Morgan fingerprint density at radius 3 is 1.39 bits per heavy atom. The van der Waals surface area contributed by atoms with Crippen molar-refractivity contribution in [2.45, 2.75) is 32.1 Å². The van der Waals surface area contributed by atoms with Gasteiger partial charge >= 0.3 is 0 Å². The highest BCUT2D eigenvalue weighted by atomic mass is 32.1. The molecule has 15 heteroatoms. The molecule has 9 aromatic rings. The van der Waals surface area contributed by atoms with Crippen LogP contribution in [-0.4, -0.2) is 94.0 Å². The van der Waals surface area contributed by atoms with Gasteiger partial charge in [-0.1, -0.05) is 132 Å². The highest BCUT2D eigenvalue weighted by Gasteiger charge is 2.23. The van der Waals surface area contributed by atoms with Crippen molar-refractivity contribution in [3.05, 3.63) is 184 Å². The molecule has 1 fully saturated rings. The molecule has 4 aliphatic rings. The predicted molar refractivity (Wildman–Crippen MR) is 303 cm³/mol. The number of nitrogens with one attached hydrogen (secondary N) is 2. The Hall–Kier alpha value is -7.50. The number of likely N-dealkylation sites (N-methyl/N-ethyl adjacent to an activating group) is 1. The van der Waals surface area contributed by atoms with Gasteiger partial charge in [-0.2, -0.15) is 0 Å². The third-order valence-electron chi connectivity index (χ3n) is 14.0. The van der Waals surface area contributed by atoms with Crippen molar-refractivity contribution in [2.24, 2.45) is 5.73 Å². The van der Waals surface area contributed by atoms with Crippen LogP contribution in [0, 0.1) is 0 Å². The molecule has 0 unspecified atom stereocenters. The van der Waals surface area contributed by atoms with Crippen molar-refractivity contribution < 1.29 is 19.5 Å². The molecular formula is C60H54N8O4S3. The average Bonchev–Trinajstić information content (AvgIpc) is 4.31. The maximum atomic E-state index is 12.4. The minimum Gasteiger partial charge on any atom is -0.396 e. The number of piperazine rings is 1. The summed E-state index contributed by atoms with van der Waals surface area (Å²) in [5, 5.41) is 16.2. The Labute approximate surface area is 447 Å². The zero-order valence-electron chi connectivity index (χ0n) is 41.3. The molecule has 3 amide bonds. The molecule has 0 radical (unpaired) electrons. The van der Waals surface area contributed by atoms with Crippen LogP contribution < -0.4 is 16.4 Å². The number of nitrogens with two attached hydrogens (primary N) is 1. The van der Waals surface area contributed by atoms with E-state index in [1.807, 2.05) is 6.20 Å². The second-order valence-corrected chi connectivity index (χ2v) is 22.2. The molecule has 0 spiro atoms. The van der Waals surface area contributed by atoms with E-state index in [4.69, 9.17) is 10.8 Å². The largest absolute Gasteiger partial charge is 0.396 e. The summed E-state index contributed by atoms with van der Waals surface area (Å²) in [6, 6.07) is 45.2. The molecule has 376 valence electrons. The number of nitrogens with zero attached hydrogens (tertiary/aromatic N) is 5. The normalized spacial score (nSPS) is 13.7. The Balaban J connectivity index is 0.000000122. The minimum atomic E-state index is -0.472. The molecule has 5 N–H and O–H groups in total. The zero-order chi connectivity index (χ0) is 51.4. The van der Waals surface area contributed by atoms with Gasteiger partial charge in [0.05, 0.1) is 21.2 Å². The monoisotopic (exact) mass is 1050 g/mol. The van der Waals surface area contributed by atoms with E-state index in [1.165, 1.54) is 101 Å². The third-order valence-corrected chi connectivity index (χ3v) is 17.0. The molecule has 3 aromatic heterocycles. The van der Waals surface area contributed by atoms with Gasteiger partial charge in [-0.05, 0) is 134 Å². The molecule has 4 heterocycles. The summed E-state index contributed by atoms with van der Waals surface area (Å²) in [6.07, 6.45) is 9.05. The summed E-state index contributed by atoms with van der Waals surface area (Å²) in [5.41, 5.74) is 24.7. The number of amides is 3. The van der Waals surface area contributed by atoms with E-state index in [2.05, 4.69) is 170 Å². The first-order valence-electron chi connectivity index (χ1n) is 25.1. The molecule has 1 saturated heterocycles. The number of anilines is 2. The van der Waals surface area contributed by atoms with Crippen LogP contribution >= 0.6 is 34.0 Å². The van der Waals surface area contributed by atoms with Crippen LogP contribution in [0.4, 0.5) is 10.3 Å². The summed E-state index contributed by atoms with van der Waals surface area (Å²) in [4.78, 5) is 55.7. The van der Waals surface area contributed by atoms with E-state index in [0.717, 1.165) is 76.8 Å². The van der Waals surface area contributed by atoms with Crippen molar-refractivity contribution >= 4 is 62.0 Å². The summed E-state index contributed by atoms with van der Waals surface area (Å²) in [5.74, 6) is -0.570. The molecule has 0 bridgehead atoms. The summed E-state index contributed by atoms with van der Waals surface area (Å²) in [7, 11) is 2.12. The lowest BCUT2D eigenvalue weighted by molar-refractivity contribution is -0.118. The number of rotatable bonds is 11. The van der Waals surface area contributed by atoms with Gasteiger partial charge in [0.1, 0.15) is 0 Å². The van der Waals surface area contributed by atoms with E-state index >= 15 is 0 Å². The van der Waals surface area contributed by atoms with Gasteiger partial charge in [-0.25, -0.2) is 15.0 Å². The van der Waals surface area contributed by atoms with Crippen LogP contribution in [0.2, 0.25) is 0 Å². The van der Waals surface area contributed by atoms with Crippen molar-refractivity contribution in [2.75, 3.05) is 57.0 Å². The van der Waals surface area contributed by atoms with Crippen LogP contribution in [0.5, 0.6) is 0 Å². The lowest BCUT2D eigenvalue weighted by atomic mass is 10.0. The van der Waals surface area contributed by atoms with E-state index < -0.39 is 5.91 Å². The van der Waals surface area contributed by atoms with Gasteiger partial charge in [0.25, 0.3) is 5.91 Å². The molecule has 13 rings (SSSR count). The smallest absolute Gasteiger partial charge is 0.277 e. The number of carbonyl (C=O) groups excluding carboxylic acids is 3. The molecule has 75 heavy (non-hydrogen) atoms. The SMILES string of the molecule is CN1CCN(CC(=O)Nc2ncc(-c3ccc4c(c3)Cc3ccccc3-4)s2)CC1.NC(=O)c1ncc(-c2ccc3c(c2)Cc2ccccc2-3)s1.O=C(CCCO)Nc1ncc(-c2ccc3c(c2)Cc2ccccc2-3)s1. The number of fused-ring (bicyclic) bond motifs is 9. The first-order chi connectivity index (χ1) is 36.6. The topological polar surface area (TPSA) is 167 Å². The summed E-state index contributed by atoms with van der Waals surface area (Å²) < 4.78 is 0. The van der Waals surface area contributed by atoms with Gasteiger partial charge < -0.3 is 26.4 Å². The lowest BCUT2D eigenvalue weighted by Crippen LogP contribution is -2.47. The molecule has 3 aliphatic carbocycles. The second-order valence-electron chi connectivity index (χ2n) is 19.1. The van der Waals surface area contributed by atoms with Crippen LogP contribution in [-0.2, 0) is 28.9 Å². The second kappa shape index (κ2) is 22.1. The molecule has 0 atom stereocenters. The van der Waals surface area contributed by atoms with Gasteiger partial charge in [0.2, 0.25) is 11.8 Å². The lowest BCUT2D eigenvalue weighted by Gasteiger charge is -2.31. The number of hydrogen-bond donors (Lipinski definition) is 4. The molecule has 1 aliphatic heterocycles. The number of carbonyl (C=O) groups is 3. The fourth-order valence-electron chi connectivity index (χ4n) is 10.1. The van der Waals surface area contributed by atoms with E-state index in [0.29, 0.717) is 34.7 Å². The van der Waals surface area contributed by atoms with Gasteiger partial charge in [0, 0.05) is 57.8 Å². The number of aromatic nitrogens is 3. The number of primary amides is 1. The van der Waals surface area contributed by atoms with Crippen LogP contribution in [0.3, 0.4) is 0 Å².